The molecule has 2 aromatic carbocycles. The van der Waals surface area contributed by atoms with Crippen molar-refractivity contribution in [1.29, 1.82) is 0 Å². The van der Waals surface area contributed by atoms with E-state index in [9.17, 15) is 0 Å². The number of hydrogen-bond acceptors (Lipinski definition) is 0. The lowest BCUT2D eigenvalue weighted by atomic mass is 9.53. The number of rotatable bonds is 6. The quantitative estimate of drug-likeness (QED) is 0.515. The molecule has 1 aliphatic rings. The zero-order valence-corrected chi connectivity index (χ0v) is 16.7. The molecule has 0 heteroatoms. The minimum Gasteiger partial charge on any atom is -0.0761 e. The van der Waals surface area contributed by atoms with Crippen LogP contribution in [0.15, 0.2) is 84.5 Å². The second kappa shape index (κ2) is 7.66. The van der Waals surface area contributed by atoms with Crippen molar-refractivity contribution in [3.05, 3.63) is 95.6 Å². The third kappa shape index (κ3) is 3.30. The molecule has 0 fully saturated rings. The molecule has 0 amide bonds. The van der Waals surface area contributed by atoms with Crippen molar-refractivity contribution in [2.75, 3.05) is 0 Å². The highest BCUT2D eigenvalue weighted by Gasteiger charge is 2.49. The van der Waals surface area contributed by atoms with Gasteiger partial charge in [-0.05, 0) is 29.4 Å². The van der Waals surface area contributed by atoms with Gasteiger partial charge in [-0.25, -0.2) is 0 Å². The maximum atomic E-state index is 2.53. The van der Waals surface area contributed by atoms with Crippen molar-refractivity contribution in [3.63, 3.8) is 0 Å². The van der Waals surface area contributed by atoms with Gasteiger partial charge in [0.25, 0.3) is 0 Å². The number of unbranched alkanes of at least 4 members (excludes halogenated alkanes) is 1. The van der Waals surface area contributed by atoms with Crippen LogP contribution in [0.25, 0.3) is 0 Å². The van der Waals surface area contributed by atoms with Gasteiger partial charge in [-0.15, -0.1) is 0 Å². The molecule has 0 heterocycles. The Morgan fingerprint density at radius 1 is 0.808 bits per heavy atom. The molecule has 0 aromatic heterocycles. The van der Waals surface area contributed by atoms with Gasteiger partial charge in [0.2, 0.25) is 0 Å². The van der Waals surface area contributed by atoms with E-state index >= 15 is 0 Å². The van der Waals surface area contributed by atoms with Gasteiger partial charge in [-0.1, -0.05) is 119 Å². The molecule has 0 bridgehead atoms. The zero-order chi connectivity index (χ0) is 18.6. The van der Waals surface area contributed by atoms with E-state index in [1.807, 2.05) is 0 Å². The minimum absolute atomic E-state index is 0.0709. The molecule has 0 saturated carbocycles. The summed E-state index contributed by atoms with van der Waals surface area (Å²) >= 11 is 0. The SMILES string of the molecule is CCCCC1=CC(C(c2ccccc2)(c2ccccc2)C(C)(C)C)C=C1. The van der Waals surface area contributed by atoms with E-state index in [1.165, 1.54) is 36.0 Å². The van der Waals surface area contributed by atoms with Gasteiger partial charge >= 0.3 is 0 Å². The van der Waals surface area contributed by atoms with Gasteiger partial charge < -0.3 is 0 Å². The highest BCUT2D eigenvalue weighted by Crippen LogP contribution is 2.54. The predicted octanol–water partition coefficient (Wildman–Crippen LogP) is 7.32. The van der Waals surface area contributed by atoms with Crippen LogP contribution < -0.4 is 0 Å². The first-order chi connectivity index (χ1) is 12.5. The monoisotopic (exact) mass is 344 g/mol. The summed E-state index contributed by atoms with van der Waals surface area (Å²) in [5, 5.41) is 0. The first kappa shape index (κ1) is 18.7. The molecule has 3 rings (SSSR count). The van der Waals surface area contributed by atoms with E-state index in [0.29, 0.717) is 5.92 Å². The maximum absolute atomic E-state index is 2.53. The smallest absolute Gasteiger partial charge is 0.0348 e. The van der Waals surface area contributed by atoms with Gasteiger partial charge in [0.05, 0.1) is 0 Å². The Bertz CT molecular complexity index is 717. The third-order valence-corrected chi connectivity index (χ3v) is 5.87. The lowest BCUT2D eigenvalue weighted by Crippen LogP contribution is -2.46. The fourth-order valence-corrected chi connectivity index (χ4v) is 4.71. The van der Waals surface area contributed by atoms with Crippen LogP contribution in [-0.2, 0) is 5.41 Å². The molecular formula is C26H32. The Kier molecular flexibility index (Phi) is 5.51. The van der Waals surface area contributed by atoms with E-state index in [1.54, 1.807) is 0 Å². The lowest BCUT2D eigenvalue weighted by molar-refractivity contribution is 0.195. The second-order valence-corrected chi connectivity index (χ2v) is 8.52. The van der Waals surface area contributed by atoms with Crippen LogP contribution in [-0.4, -0.2) is 0 Å². The molecule has 26 heavy (non-hydrogen) atoms. The topological polar surface area (TPSA) is 0 Å². The van der Waals surface area contributed by atoms with Gasteiger partial charge in [0.1, 0.15) is 0 Å². The molecule has 0 N–H and O–H groups in total. The Labute approximate surface area is 159 Å². The Morgan fingerprint density at radius 3 is 1.81 bits per heavy atom. The molecule has 1 atom stereocenters. The highest BCUT2D eigenvalue weighted by atomic mass is 14.5. The van der Waals surface area contributed by atoms with E-state index < -0.39 is 0 Å². The van der Waals surface area contributed by atoms with Crippen LogP contribution in [0.4, 0.5) is 0 Å². The van der Waals surface area contributed by atoms with Gasteiger partial charge in [0, 0.05) is 11.3 Å². The summed E-state index contributed by atoms with van der Waals surface area (Å²) in [6.07, 6.45) is 11.0. The Hall–Kier alpha value is -2.08. The van der Waals surface area contributed by atoms with E-state index in [2.05, 4.69) is 107 Å². The molecule has 0 aliphatic heterocycles. The van der Waals surface area contributed by atoms with Crippen molar-refractivity contribution in [2.45, 2.75) is 52.4 Å². The molecule has 1 unspecified atom stereocenters. The molecule has 0 radical (unpaired) electrons. The maximum Gasteiger partial charge on any atom is 0.0348 e. The first-order valence-corrected chi connectivity index (χ1v) is 10.00. The normalized spacial score (nSPS) is 17.4. The van der Waals surface area contributed by atoms with E-state index in [0.717, 1.165) is 0 Å². The average Bonchev–Trinajstić information content (AvgIpc) is 3.10. The molecule has 0 saturated heterocycles. The van der Waals surface area contributed by atoms with Crippen LogP contribution in [0.2, 0.25) is 0 Å². The van der Waals surface area contributed by atoms with Crippen molar-refractivity contribution in [2.24, 2.45) is 11.3 Å². The van der Waals surface area contributed by atoms with Crippen LogP contribution >= 0.6 is 0 Å². The number of hydrogen-bond donors (Lipinski definition) is 0. The van der Waals surface area contributed by atoms with E-state index in [4.69, 9.17) is 0 Å². The largest absolute Gasteiger partial charge is 0.0761 e. The lowest BCUT2D eigenvalue weighted by Gasteiger charge is -2.49. The summed E-state index contributed by atoms with van der Waals surface area (Å²) < 4.78 is 0. The fourth-order valence-electron chi connectivity index (χ4n) is 4.71. The van der Waals surface area contributed by atoms with Crippen LogP contribution in [0.1, 0.15) is 58.1 Å². The highest BCUT2D eigenvalue weighted by molar-refractivity contribution is 5.48. The van der Waals surface area contributed by atoms with Crippen molar-refractivity contribution in [1.82, 2.24) is 0 Å². The fraction of sp³-hybridized carbons (Fsp3) is 0.385. The molecule has 2 aromatic rings. The minimum atomic E-state index is -0.0833. The number of benzene rings is 2. The summed E-state index contributed by atoms with van der Waals surface area (Å²) in [7, 11) is 0. The zero-order valence-electron chi connectivity index (χ0n) is 16.7. The third-order valence-electron chi connectivity index (χ3n) is 5.87. The predicted molar refractivity (Wildman–Crippen MR) is 113 cm³/mol. The van der Waals surface area contributed by atoms with Crippen molar-refractivity contribution < 1.29 is 0 Å². The molecule has 1 aliphatic carbocycles. The van der Waals surface area contributed by atoms with Crippen LogP contribution in [0.5, 0.6) is 0 Å². The summed E-state index contributed by atoms with van der Waals surface area (Å²) in [6.45, 7) is 9.43. The van der Waals surface area contributed by atoms with Gasteiger partial charge in [-0.2, -0.15) is 0 Å². The molecule has 0 nitrogen and oxygen atoms in total. The second-order valence-electron chi connectivity index (χ2n) is 8.52. The Balaban J connectivity index is 2.20. The summed E-state index contributed by atoms with van der Waals surface area (Å²) in [4.78, 5) is 0. The van der Waals surface area contributed by atoms with Crippen LogP contribution in [0.3, 0.4) is 0 Å². The molecular weight excluding hydrogens is 312 g/mol. The van der Waals surface area contributed by atoms with Crippen molar-refractivity contribution in [3.8, 4) is 0 Å². The molecule has 136 valence electrons. The van der Waals surface area contributed by atoms with Crippen molar-refractivity contribution >= 4 is 0 Å². The average molecular weight is 345 g/mol. The number of allylic oxidation sites excluding steroid dienone is 4. The molecule has 0 spiro atoms. The summed E-state index contributed by atoms with van der Waals surface area (Å²) in [6, 6.07) is 22.2. The van der Waals surface area contributed by atoms with Crippen LogP contribution in [0, 0.1) is 11.3 Å². The van der Waals surface area contributed by atoms with Gasteiger partial charge in [-0.3, -0.25) is 0 Å². The standard InChI is InChI=1S/C26H32/c1-5-6-13-21-18-19-24(20-21)26(25(2,3)4,22-14-9-7-10-15-22)23-16-11-8-12-17-23/h7-12,14-20,24H,5-6,13H2,1-4H3. The van der Waals surface area contributed by atoms with E-state index in [-0.39, 0.29) is 10.8 Å². The Morgan fingerprint density at radius 2 is 1.35 bits per heavy atom. The summed E-state index contributed by atoms with van der Waals surface area (Å²) in [5.41, 5.74) is 4.29. The summed E-state index contributed by atoms with van der Waals surface area (Å²) in [5.74, 6) is 0.374. The van der Waals surface area contributed by atoms with Gasteiger partial charge in [0.15, 0.2) is 0 Å². The first-order valence-electron chi connectivity index (χ1n) is 10.00.